The van der Waals surface area contributed by atoms with Gasteiger partial charge in [-0.1, -0.05) is 13.8 Å². The number of phenolic OH excluding ortho intramolecular Hbond substituents is 2. The lowest BCUT2D eigenvalue weighted by molar-refractivity contribution is 0.0985. The average Bonchev–Trinajstić information content (AvgIpc) is 3.00. The lowest BCUT2D eigenvalue weighted by Gasteiger charge is -2.31. The number of amides is 1. The zero-order valence-corrected chi connectivity index (χ0v) is 14.4. The molecule has 2 heterocycles. The fourth-order valence-corrected chi connectivity index (χ4v) is 3.18. The van der Waals surface area contributed by atoms with E-state index in [0.29, 0.717) is 17.0 Å². The zero-order valence-electron chi connectivity index (χ0n) is 14.4. The summed E-state index contributed by atoms with van der Waals surface area (Å²) in [7, 11) is 0. The molecule has 1 amide bonds. The smallest absolute Gasteiger partial charge is 0.288 e. The maximum Gasteiger partial charge on any atom is 0.288 e. The standard InChI is InChI=1S/C17H23N5O3/c1-10(2)11-8-12(14(24)9-13(11)23)16-19-20-17(15(18)25)22(16)21-6-4-3-5-7-21/h8-10,23-24H,3-7H2,1-2H3,(H2,18,25). The molecule has 1 aliphatic heterocycles. The van der Waals surface area contributed by atoms with Crippen LogP contribution < -0.4 is 10.7 Å². The third kappa shape index (κ3) is 3.11. The van der Waals surface area contributed by atoms with E-state index < -0.39 is 5.91 Å². The molecule has 0 aliphatic carbocycles. The van der Waals surface area contributed by atoms with Gasteiger partial charge in [0, 0.05) is 19.2 Å². The van der Waals surface area contributed by atoms with Crippen LogP contribution in [0.5, 0.6) is 11.5 Å². The van der Waals surface area contributed by atoms with Crippen LogP contribution in [0.1, 0.15) is 55.2 Å². The largest absolute Gasteiger partial charge is 0.508 e. The van der Waals surface area contributed by atoms with Gasteiger partial charge < -0.3 is 21.0 Å². The maximum atomic E-state index is 11.8. The van der Waals surface area contributed by atoms with Gasteiger partial charge in [0.2, 0.25) is 5.82 Å². The topological polar surface area (TPSA) is 118 Å². The van der Waals surface area contributed by atoms with Gasteiger partial charge >= 0.3 is 0 Å². The van der Waals surface area contributed by atoms with E-state index in [1.165, 1.54) is 6.07 Å². The number of rotatable bonds is 4. The number of phenols is 2. The van der Waals surface area contributed by atoms with Crippen molar-refractivity contribution in [3.05, 3.63) is 23.5 Å². The Hall–Kier alpha value is -2.77. The fraction of sp³-hybridized carbons (Fsp3) is 0.471. The van der Waals surface area contributed by atoms with Crippen LogP contribution in [-0.2, 0) is 0 Å². The second kappa shape index (κ2) is 6.62. The Morgan fingerprint density at radius 2 is 1.80 bits per heavy atom. The quantitative estimate of drug-likeness (QED) is 0.776. The number of benzene rings is 1. The van der Waals surface area contributed by atoms with Crippen molar-refractivity contribution in [1.82, 2.24) is 14.9 Å². The molecular formula is C17H23N5O3. The van der Waals surface area contributed by atoms with Gasteiger partial charge in [0.15, 0.2) is 5.82 Å². The number of hydrogen-bond donors (Lipinski definition) is 3. The van der Waals surface area contributed by atoms with Gasteiger partial charge in [0.05, 0.1) is 5.56 Å². The Morgan fingerprint density at radius 1 is 1.12 bits per heavy atom. The Kier molecular flexibility index (Phi) is 4.52. The van der Waals surface area contributed by atoms with Gasteiger partial charge in [-0.25, -0.2) is 4.68 Å². The van der Waals surface area contributed by atoms with Crippen LogP contribution in [-0.4, -0.2) is 44.1 Å². The van der Waals surface area contributed by atoms with Crippen LogP contribution in [0.15, 0.2) is 12.1 Å². The van der Waals surface area contributed by atoms with E-state index in [0.717, 1.165) is 32.4 Å². The van der Waals surface area contributed by atoms with Gasteiger partial charge in [-0.2, -0.15) is 0 Å². The summed E-state index contributed by atoms with van der Waals surface area (Å²) in [5.41, 5.74) is 6.55. The van der Waals surface area contributed by atoms with E-state index in [1.807, 2.05) is 18.9 Å². The van der Waals surface area contributed by atoms with Crippen LogP contribution in [0.4, 0.5) is 0 Å². The van der Waals surface area contributed by atoms with Crippen LogP contribution in [0.2, 0.25) is 0 Å². The molecule has 1 aromatic heterocycles. The molecule has 0 spiro atoms. The first-order valence-corrected chi connectivity index (χ1v) is 8.46. The summed E-state index contributed by atoms with van der Waals surface area (Å²) < 4.78 is 1.59. The monoisotopic (exact) mass is 345 g/mol. The average molecular weight is 345 g/mol. The Bertz CT molecular complexity index is 794. The third-order valence-electron chi connectivity index (χ3n) is 4.48. The molecule has 0 bridgehead atoms. The summed E-state index contributed by atoms with van der Waals surface area (Å²) in [5, 5.41) is 30.4. The highest BCUT2D eigenvalue weighted by atomic mass is 16.3. The number of hydrogen-bond acceptors (Lipinski definition) is 6. The van der Waals surface area contributed by atoms with Crippen molar-refractivity contribution in [3.63, 3.8) is 0 Å². The van der Waals surface area contributed by atoms with Crippen LogP contribution in [0.3, 0.4) is 0 Å². The van der Waals surface area contributed by atoms with E-state index in [9.17, 15) is 15.0 Å². The lowest BCUT2D eigenvalue weighted by atomic mass is 9.98. The summed E-state index contributed by atoms with van der Waals surface area (Å²) in [6.07, 6.45) is 3.12. The molecule has 1 aliphatic rings. The number of aromatic nitrogens is 3. The van der Waals surface area contributed by atoms with Crippen LogP contribution in [0.25, 0.3) is 11.4 Å². The molecule has 0 saturated carbocycles. The minimum atomic E-state index is -0.674. The van der Waals surface area contributed by atoms with E-state index in [1.54, 1.807) is 10.7 Å². The van der Waals surface area contributed by atoms with Crippen LogP contribution >= 0.6 is 0 Å². The molecule has 2 aromatic rings. The van der Waals surface area contributed by atoms with E-state index in [2.05, 4.69) is 10.2 Å². The van der Waals surface area contributed by atoms with Gasteiger partial charge in [-0.15, -0.1) is 10.2 Å². The van der Waals surface area contributed by atoms with Crippen molar-refractivity contribution in [2.24, 2.45) is 5.73 Å². The zero-order chi connectivity index (χ0) is 18.1. The fourth-order valence-electron chi connectivity index (χ4n) is 3.18. The first-order valence-electron chi connectivity index (χ1n) is 8.46. The number of nitrogens with two attached hydrogens (primary N) is 1. The van der Waals surface area contributed by atoms with Crippen molar-refractivity contribution >= 4 is 5.91 Å². The van der Waals surface area contributed by atoms with Gasteiger partial charge in [0.1, 0.15) is 11.5 Å². The summed E-state index contributed by atoms with van der Waals surface area (Å²) in [6.45, 7) is 5.39. The second-order valence-corrected chi connectivity index (χ2v) is 6.62. The molecule has 8 nitrogen and oxygen atoms in total. The molecule has 1 aromatic carbocycles. The summed E-state index contributed by atoms with van der Waals surface area (Å²) in [5.74, 6) is -0.336. The normalized spacial score (nSPS) is 14.9. The predicted molar refractivity (Wildman–Crippen MR) is 93.2 cm³/mol. The van der Waals surface area contributed by atoms with Crippen molar-refractivity contribution in [1.29, 1.82) is 0 Å². The molecule has 0 radical (unpaired) electrons. The van der Waals surface area contributed by atoms with E-state index >= 15 is 0 Å². The van der Waals surface area contributed by atoms with E-state index in [-0.39, 0.29) is 23.2 Å². The number of carbonyl (C=O) groups is 1. The first kappa shape index (κ1) is 17.1. The minimum absolute atomic E-state index is 0.0235. The Morgan fingerprint density at radius 3 is 2.40 bits per heavy atom. The molecule has 3 rings (SSSR count). The number of piperidine rings is 1. The van der Waals surface area contributed by atoms with Crippen molar-refractivity contribution < 1.29 is 15.0 Å². The molecular weight excluding hydrogens is 322 g/mol. The van der Waals surface area contributed by atoms with Gasteiger partial charge in [-0.3, -0.25) is 4.79 Å². The van der Waals surface area contributed by atoms with Crippen molar-refractivity contribution in [2.45, 2.75) is 39.0 Å². The first-order chi connectivity index (χ1) is 11.9. The third-order valence-corrected chi connectivity index (χ3v) is 4.48. The molecule has 4 N–H and O–H groups in total. The SMILES string of the molecule is CC(C)c1cc(-c2nnc(C(N)=O)n2N2CCCCC2)c(O)cc1O. The Labute approximate surface area is 145 Å². The van der Waals surface area contributed by atoms with E-state index in [4.69, 9.17) is 5.73 Å². The van der Waals surface area contributed by atoms with Gasteiger partial charge in [0.25, 0.3) is 5.91 Å². The molecule has 8 heteroatoms. The number of carbonyl (C=O) groups excluding carboxylic acids is 1. The summed E-state index contributed by atoms with van der Waals surface area (Å²) in [6, 6.07) is 2.98. The molecule has 25 heavy (non-hydrogen) atoms. The highest BCUT2D eigenvalue weighted by Crippen LogP contribution is 2.37. The number of aromatic hydroxyl groups is 2. The predicted octanol–water partition coefficient (Wildman–Crippen LogP) is 1.70. The molecule has 1 saturated heterocycles. The molecule has 0 atom stereocenters. The van der Waals surface area contributed by atoms with Gasteiger partial charge in [-0.05, 0) is 36.8 Å². The minimum Gasteiger partial charge on any atom is -0.508 e. The summed E-state index contributed by atoms with van der Waals surface area (Å²) in [4.78, 5) is 11.8. The Balaban J connectivity index is 2.17. The van der Waals surface area contributed by atoms with Crippen molar-refractivity contribution in [2.75, 3.05) is 18.1 Å². The highest BCUT2D eigenvalue weighted by Gasteiger charge is 2.26. The number of primary amides is 1. The highest BCUT2D eigenvalue weighted by molar-refractivity contribution is 5.90. The van der Waals surface area contributed by atoms with Crippen molar-refractivity contribution in [3.8, 4) is 22.9 Å². The lowest BCUT2D eigenvalue weighted by Crippen LogP contribution is -2.42. The number of nitrogens with zero attached hydrogens (tertiary/aromatic N) is 4. The molecule has 134 valence electrons. The molecule has 1 fully saturated rings. The van der Waals surface area contributed by atoms with Crippen LogP contribution in [0, 0.1) is 0 Å². The summed E-state index contributed by atoms with van der Waals surface area (Å²) >= 11 is 0. The second-order valence-electron chi connectivity index (χ2n) is 6.62. The molecule has 0 unspecified atom stereocenters. The maximum absolute atomic E-state index is 11.8.